The van der Waals surface area contributed by atoms with Crippen molar-refractivity contribution in [3.8, 4) is 11.5 Å². The molecule has 2 heterocycles. The number of aromatic nitrogens is 2. The van der Waals surface area contributed by atoms with Crippen LogP contribution in [0.1, 0.15) is 28.6 Å². The van der Waals surface area contributed by atoms with Crippen LogP contribution in [0.5, 0.6) is 11.5 Å². The van der Waals surface area contributed by atoms with Gasteiger partial charge in [0.1, 0.15) is 6.04 Å². The van der Waals surface area contributed by atoms with Crippen LogP contribution in [-0.4, -0.2) is 60.4 Å². The van der Waals surface area contributed by atoms with Gasteiger partial charge < -0.3 is 14.4 Å². The summed E-state index contributed by atoms with van der Waals surface area (Å²) in [7, 11) is 5.66. The number of hydrogen-bond acceptors (Lipinski definition) is 5. The summed E-state index contributed by atoms with van der Waals surface area (Å²) < 4.78 is 10.8. The Kier molecular flexibility index (Phi) is 5.18. The number of benzene rings is 1. The van der Waals surface area contributed by atoms with Crippen molar-refractivity contribution in [3.63, 3.8) is 0 Å². The van der Waals surface area contributed by atoms with Gasteiger partial charge in [0.15, 0.2) is 11.5 Å². The Bertz CT molecular complexity index is 781. The van der Waals surface area contributed by atoms with E-state index in [9.17, 15) is 4.79 Å². The van der Waals surface area contributed by atoms with E-state index in [0.717, 1.165) is 29.1 Å². The SMILES string of the molecule is Cc1n[nH]c(C)c1CCN(C)C(=O)C(c1ccc2c(c1)OCO2)N(C)C. The van der Waals surface area contributed by atoms with Crippen LogP contribution < -0.4 is 9.47 Å². The van der Waals surface area contributed by atoms with Gasteiger partial charge in [-0.1, -0.05) is 6.07 Å². The molecule has 1 aliphatic heterocycles. The van der Waals surface area contributed by atoms with Gasteiger partial charge in [-0.2, -0.15) is 5.10 Å². The zero-order valence-electron chi connectivity index (χ0n) is 16.0. The smallest absolute Gasteiger partial charge is 0.244 e. The molecule has 2 aromatic rings. The van der Waals surface area contributed by atoms with Crippen molar-refractivity contribution < 1.29 is 14.3 Å². The van der Waals surface area contributed by atoms with E-state index in [0.29, 0.717) is 12.3 Å². The van der Waals surface area contributed by atoms with Crippen molar-refractivity contribution in [2.24, 2.45) is 0 Å². The molecule has 26 heavy (non-hydrogen) atoms. The third kappa shape index (κ3) is 3.53. The summed E-state index contributed by atoms with van der Waals surface area (Å²) in [5.41, 5.74) is 4.12. The summed E-state index contributed by atoms with van der Waals surface area (Å²) in [5.74, 6) is 1.46. The van der Waals surface area contributed by atoms with Crippen molar-refractivity contribution in [2.75, 3.05) is 34.5 Å². The van der Waals surface area contributed by atoms with Crippen LogP contribution in [0.2, 0.25) is 0 Å². The Labute approximate surface area is 153 Å². The molecule has 1 aliphatic rings. The number of nitrogens with zero attached hydrogens (tertiary/aromatic N) is 3. The molecule has 0 saturated carbocycles. The minimum atomic E-state index is -0.374. The highest BCUT2D eigenvalue weighted by atomic mass is 16.7. The van der Waals surface area contributed by atoms with E-state index in [4.69, 9.17) is 9.47 Å². The van der Waals surface area contributed by atoms with Crippen LogP contribution >= 0.6 is 0 Å². The molecular weight excluding hydrogens is 332 g/mol. The van der Waals surface area contributed by atoms with Crippen LogP contribution in [0.3, 0.4) is 0 Å². The van der Waals surface area contributed by atoms with E-state index in [1.165, 1.54) is 5.56 Å². The highest BCUT2D eigenvalue weighted by molar-refractivity contribution is 5.83. The third-order valence-corrected chi connectivity index (χ3v) is 4.82. The number of fused-ring (bicyclic) bond motifs is 1. The van der Waals surface area contributed by atoms with Gasteiger partial charge in [-0.05, 0) is 57.6 Å². The number of ether oxygens (including phenoxy) is 2. The molecule has 0 aliphatic carbocycles. The van der Waals surface area contributed by atoms with Gasteiger partial charge in [0.05, 0.1) is 5.69 Å². The zero-order chi connectivity index (χ0) is 18.8. The van der Waals surface area contributed by atoms with Gasteiger partial charge in [-0.25, -0.2) is 0 Å². The molecule has 7 nitrogen and oxygen atoms in total. The second-order valence-corrected chi connectivity index (χ2v) is 6.90. The fourth-order valence-electron chi connectivity index (χ4n) is 3.29. The van der Waals surface area contributed by atoms with E-state index in [2.05, 4.69) is 10.2 Å². The van der Waals surface area contributed by atoms with E-state index in [-0.39, 0.29) is 18.7 Å². The fraction of sp³-hybridized carbons (Fsp3) is 0.474. The molecule has 1 N–H and O–H groups in total. The lowest BCUT2D eigenvalue weighted by Gasteiger charge is -2.29. The average molecular weight is 358 g/mol. The Morgan fingerprint density at radius 2 is 1.96 bits per heavy atom. The van der Waals surface area contributed by atoms with Crippen molar-refractivity contribution in [3.05, 3.63) is 40.7 Å². The van der Waals surface area contributed by atoms with Gasteiger partial charge in [-0.15, -0.1) is 0 Å². The molecule has 0 radical (unpaired) electrons. The predicted molar refractivity (Wildman–Crippen MR) is 98.4 cm³/mol. The van der Waals surface area contributed by atoms with Crippen molar-refractivity contribution in [2.45, 2.75) is 26.3 Å². The van der Waals surface area contributed by atoms with Gasteiger partial charge in [0, 0.05) is 19.3 Å². The first-order chi connectivity index (χ1) is 12.4. The summed E-state index contributed by atoms with van der Waals surface area (Å²) in [6.07, 6.45) is 0.775. The summed E-state index contributed by atoms with van der Waals surface area (Å²) in [6.45, 7) is 4.85. The van der Waals surface area contributed by atoms with Crippen LogP contribution in [-0.2, 0) is 11.2 Å². The maximum absolute atomic E-state index is 13.1. The fourth-order valence-corrected chi connectivity index (χ4v) is 3.29. The van der Waals surface area contributed by atoms with E-state index >= 15 is 0 Å². The topological polar surface area (TPSA) is 70.7 Å². The monoisotopic (exact) mass is 358 g/mol. The number of rotatable bonds is 6. The predicted octanol–water partition coefficient (Wildman–Crippen LogP) is 2.06. The molecule has 0 saturated heterocycles. The molecular formula is C19H26N4O3. The van der Waals surface area contributed by atoms with E-state index < -0.39 is 0 Å². The molecule has 7 heteroatoms. The Hall–Kier alpha value is -2.54. The second-order valence-electron chi connectivity index (χ2n) is 6.90. The highest BCUT2D eigenvalue weighted by Gasteiger charge is 2.28. The summed E-state index contributed by atoms with van der Waals surface area (Å²) in [4.78, 5) is 16.8. The zero-order valence-corrected chi connectivity index (χ0v) is 16.0. The normalized spacial score (nSPS) is 13.9. The number of nitrogens with one attached hydrogen (secondary N) is 1. The van der Waals surface area contributed by atoms with E-state index in [1.807, 2.05) is 58.1 Å². The molecule has 140 valence electrons. The largest absolute Gasteiger partial charge is 0.454 e. The number of carbonyl (C=O) groups is 1. The van der Waals surface area contributed by atoms with Crippen molar-refractivity contribution in [1.29, 1.82) is 0 Å². The molecule has 1 amide bonds. The summed E-state index contributed by atoms with van der Waals surface area (Å²) >= 11 is 0. The standard InChI is InChI=1S/C19H26N4O3/c1-12-15(13(2)21-20-12)8-9-23(5)19(24)18(22(3)4)14-6-7-16-17(10-14)26-11-25-16/h6-7,10,18H,8-9,11H2,1-5H3,(H,20,21). The Balaban J connectivity index is 1.74. The molecule has 1 unspecified atom stereocenters. The molecule has 0 fully saturated rings. The molecule has 0 bridgehead atoms. The number of H-pyrrole nitrogens is 1. The number of likely N-dealkylation sites (N-methyl/N-ethyl adjacent to an activating group) is 2. The van der Waals surface area contributed by atoms with Crippen molar-refractivity contribution in [1.82, 2.24) is 20.0 Å². The molecule has 1 atom stereocenters. The quantitative estimate of drug-likeness (QED) is 0.856. The number of aryl methyl sites for hydroxylation is 2. The minimum absolute atomic E-state index is 0.0488. The lowest BCUT2D eigenvalue weighted by atomic mass is 10.0. The van der Waals surface area contributed by atoms with Crippen LogP contribution in [0.25, 0.3) is 0 Å². The number of amides is 1. The molecule has 3 rings (SSSR count). The second kappa shape index (κ2) is 7.37. The number of aromatic amines is 1. The molecule has 0 spiro atoms. The van der Waals surface area contributed by atoms with Crippen LogP contribution in [0, 0.1) is 13.8 Å². The lowest BCUT2D eigenvalue weighted by Crippen LogP contribution is -2.39. The van der Waals surface area contributed by atoms with Crippen LogP contribution in [0.15, 0.2) is 18.2 Å². The maximum Gasteiger partial charge on any atom is 0.244 e. The Morgan fingerprint density at radius 1 is 1.23 bits per heavy atom. The maximum atomic E-state index is 13.1. The van der Waals surface area contributed by atoms with Crippen molar-refractivity contribution >= 4 is 5.91 Å². The molecule has 1 aromatic heterocycles. The number of carbonyl (C=O) groups excluding carboxylic acids is 1. The van der Waals surface area contributed by atoms with E-state index in [1.54, 1.807) is 4.90 Å². The summed E-state index contributed by atoms with van der Waals surface area (Å²) in [5, 5.41) is 7.21. The minimum Gasteiger partial charge on any atom is -0.454 e. The first-order valence-electron chi connectivity index (χ1n) is 8.70. The highest BCUT2D eigenvalue weighted by Crippen LogP contribution is 2.35. The van der Waals surface area contributed by atoms with Gasteiger partial charge in [0.2, 0.25) is 12.7 Å². The van der Waals surface area contributed by atoms with Crippen LogP contribution in [0.4, 0.5) is 0 Å². The first-order valence-corrected chi connectivity index (χ1v) is 8.70. The van der Waals surface area contributed by atoms with Gasteiger partial charge in [-0.3, -0.25) is 14.8 Å². The Morgan fingerprint density at radius 3 is 2.62 bits per heavy atom. The summed E-state index contributed by atoms with van der Waals surface area (Å²) in [6, 6.07) is 5.30. The number of hydrogen-bond donors (Lipinski definition) is 1. The third-order valence-electron chi connectivity index (χ3n) is 4.82. The van der Waals surface area contributed by atoms with Gasteiger partial charge in [0.25, 0.3) is 0 Å². The molecule has 1 aromatic carbocycles. The average Bonchev–Trinajstić information content (AvgIpc) is 3.19. The van der Waals surface area contributed by atoms with Gasteiger partial charge >= 0.3 is 0 Å². The first kappa shape index (κ1) is 18.3. The lowest BCUT2D eigenvalue weighted by molar-refractivity contribution is -0.135.